The quantitative estimate of drug-likeness (QED) is 0.773. The van der Waals surface area contributed by atoms with Gasteiger partial charge in [0.1, 0.15) is 0 Å². The third kappa shape index (κ3) is 2.11. The van der Waals surface area contributed by atoms with Crippen LogP contribution in [0.1, 0.15) is 25.0 Å². The summed E-state index contributed by atoms with van der Waals surface area (Å²) in [5.74, 6) is 0. The average Bonchev–Trinajstić information content (AvgIpc) is 2.29. The lowest BCUT2D eigenvalue weighted by Crippen LogP contribution is -2.20. The van der Waals surface area contributed by atoms with Gasteiger partial charge < -0.3 is 11.5 Å². The molecule has 0 saturated heterocycles. The van der Waals surface area contributed by atoms with Crippen LogP contribution in [0.2, 0.25) is 0 Å². The van der Waals surface area contributed by atoms with Crippen LogP contribution in [0.15, 0.2) is 48.5 Å². The predicted molar refractivity (Wildman–Crippen MR) is 73.8 cm³/mol. The van der Waals surface area contributed by atoms with Gasteiger partial charge in [-0.3, -0.25) is 0 Å². The highest BCUT2D eigenvalue weighted by Gasteiger charge is 2.24. The molecule has 88 valence electrons. The van der Waals surface area contributed by atoms with Crippen molar-refractivity contribution in [2.75, 3.05) is 11.5 Å². The molecule has 0 bridgehead atoms. The van der Waals surface area contributed by atoms with Crippen LogP contribution >= 0.6 is 0 Å². The number of hydrogen-bond acceptors (Lipinski definition) is 2. The second-order valence-corrected chi connectivity index (χ2v) is 4.84. The molecule has 2 rings (SSSR count). The van der Waals surface area contributed by atoms with E-state index in [4.69, 9.17) is 11.5 Å². The van der Waals surface area contributed by atoms with Crippen LogP contribution in [-0.2, 0) is 5.41 Å². The monoisotopic (exact) mass is 226 g/mol. The van der Waals surface area contributed by atoms with Crippen molar-refractivity contribution < 1.29 is 0 Å². The van der Waals surface area contributed by atoms with E-state index in [0.717, 1.165) is 11.3 Å². The zero-order valence-corrected chi connectivity index (χ0v) is 10.3. The van der Waals surface area contributed by atoms with E-state index in [2.05, 4.69) is 26.0 Å². The Balaban J connectivity index is 2.52. The summed E-state index contributed by atoms with van der Waals surface area (Å²) >= 11 is 0. The van der Waals surface area contributed by atoms with E-state index in [1.54, 1.807) is 0 Å². The minimum absolute atomic E-state index is 0.112. The lowest BCUT2D eigenvalue weighted by Gasteiger charge is -2.27. The lowest BCUT2D eigenvalue weighted by molar-refractivity contribution is 0.643. The number of nitrogens with two attached hydrogens (primary N) is 2. The van der Waals surface area contributed by atoms with Crippen molar-refractivity contribution >= 4 is 11.4 Å². The molecule has 0 amide bonds. The molecule has 0 radical (unpaired) electrons. The average molecular weight is 226 g/mol. The molecule has 0 aliphatic rings. The van der Waals surface area contributed by atoms with Crippen molar-refractivity contribution in [2.24, 2.45) is 0 Å². The van der Waals surface area contributed by atoms with Crippen LogP contribution in [0, 0.1) is 0 Å². The SMILES string of the molecule is CC(C)(c1ccccc1)c1ccc(N)cc1N. The molecule has 2 heteroatoms. The summed E-state index contributed by atoms with van der Waals surface area (Å²) in [6.45, 7) is 4.34. The van der Waals surface area contributed by atoms with Gasteiger partial charge in [0.2, 0.25) is 0 Å². The van der Waals surface area contributed by atoms with Gasteiger partial charge in [0.05, 0.1) is 0 Å². The molecule has 0 aliphatic heterocycles. The maximum absolute atomic E-state index is 6.06. The Bertz CT molecular complexity index is 516. The second kappa shape index (κ2) is 4.13. The van der Waals surface area contributed by atoms with E-state index < -0.39 is 0 Å². The summed E-state index contributed by atoms with van der Waals surface area (Å²) in [5, 5.41) is 0. The molecule has 0 spiro atoms. The van der Waals surface area contributed by atoms with Crippen LogP contribution in [0.5, 0.6) is 0 Å². The summed E-state index contributed by atoms with van der Waals surface area (Å²) in [4.78, 5) is 0. The second-order valence-electron chi connectivity index (χ2n) is 4.84. The summed E-state index contributed by atoms with van der Waals surface area (Å²) in [5.41, 5.74) is 15.5. The predicted octanol–water partition coefficient (Wildman–Crippen LogP) is 3.18. The fourth-order valence-corrected chi connectivity index (χ4v) is 2.16. The molecule has 0 aliphatic carbocycles. The van der Waals surface area contributed by atoms with Gasteiger partial charge in [-0.2, -0.15) is 0 Å². The highest BCUT2D eigenvalue weighted by Crippen LogP contribution is 2.35. The van der Waals surface area contributed by atoms with Crippen LogP contribution in [0.25, 0.3) is 0 Å². The molecule has 4 N–H and O–H groups in total. The van der Waals surface area contributed by atoms with E-state index in [0.29, 0.717) is 5.69 Å². The van der Waals surface area contributed by atoms with Gasteiger partial charge in [0, 0.05) is 16.8 Å². The van der Waals surface area contributed by atoms with Gasteiger partial charge >= 0.3 is 0 Å². The first-order valence-corrected chi connectivity index (χ1v) is 5.73. The molecule has 2 nitrogen and oxygen atoms in total. The molecule has 0 unspecified atom stereocenters. The zero-order valence-electron chi connectivity index (χ0n) is 10.3. The largest absolute Gasteiger partial charge is 0.399 e. The van der Waals surface area contributed by atoms with Crippen LogP contribution in [0.3, 0.4) is 0 Å². The Labute approximate surface area is 102 Å². The van der Waals surface area contributed by atoms with Crippen LogP contribution < -0.4 is 11.5 Å². The Kier molecular flexibility index (Phi) is 2.80. The Morgan fingerprint density at radius 1 is 0.882 bits per heavy atom. The van der Waals surface area contributed by atoms with Gasteiger partial charge in [0.25, 0.3) is 0 Å². The van der Waals surface area contributed by atoms with E-state index in [-0.39, 0.29) is 5.41 Å². The summed E-state index contributed by atoms with van der Waals surface area (Å²) in [6, 6.07) is 16.1. The zero-order chi connectivity index (χ0) is 12.5. The standard InChI is InChI=1S/C15H18N2/c1-15(2,11-6-4-3-5-7-11)13-9-8-12(16)10-14(13)17/h3-10H,16-17H2,1-2H3. The van der Waals surface area contributed by atoms with Crippen molar-refractivity contribution in [3.8, 4) is 0 Å². The smallest absolute Gasteiger partial charge is 0.0376 e. The third-order valence-corrected chi connectivity index (χ3v) is 3.24. The molecule has 0 aromatic heterocycles. The molecular weight excluding hydrogens is 208 g/mol. The Morgan fingerprint density at radius 2 is 1.53 bits per heavy atom. The number of anilines is 2. The Hall–Kier alpha value is -1.96. The van der Waals surface area contributed by atoms with E-state index in [1.807, 2.05) is 36.4 Å². The number of rotatable bonds is 2. The number of nitrogen functional groups attached to an aromatic ring is 2. The topological polar surface area (TPSA) is 52.0 Å². The summed E-state index contributed by atoms with van der Waals surface area (Å²) in [6.07, 6.45) is 0. The van der Waals surface area contributed by atoms with Crippen molar-refractivity contribution in [1.82, 2.24) is 0 Å². The molecule has 17 heavy (non-hydrogen) atoms. The van der Waals surface area contributed by atoms with Crippen molar-refractivity contribution in [3.63, 3.8) is 0 Å². The minimum atomic E-state index is -0.112. The van der Waals surface area contributed by atoms with E-state index >= 15 is 0 Å². The van der Waals surface area contributed by atoms with Gasteiger partial charge in [-0.15, -0.1) is 0 Å². The number of hydrogen-bond donors (Lipinski definition) is 2. The van der Waals surface area contributed by atoms with Gasteiger partial charge in [-0.25, -0.2) is 0 Å². The maximum atomic E-state index is 6.06. The van der Waals surface area contributed by atoms with Gasteiger partial charge in [-0.05, 0) is 23.3 Å². The van der Waals surface area contributed by atoms with Gasteiger partial charge in [-0.1, -0.05) is 50.2 Å². The lowest BCUT2D eigenvalue weighted by atomic mass is 9.77. The van der Waals surface area contributed by atoms with Crippen LogP contribution in [-0.4, -0.2) is 0 Å². The molecule has 0 heterocycles. The molecule has 0 saturated carbocycles. The highest BCUT2D eigenvalue weighted by molar-refractivity contribution is 5.61. The fourth-order valence-electron chi connectivity index (χ4n) is 2.16. The third-order valence-electron chi connectivity index (χ3n) is 3.24. The van der Waals surface area contributed by atoms with Crippen molar-refractivity contribution in [1.29, 1.82) is 0 Å². The first-order valence-electron chi connectivity index (χ1n) is 5.73. The fraction of sp³-hybridized carbons (Fsp3) is 0.200. The molecular formula is C15H18N2. The normalized spacial score (nSPS) is 11.4. The minimum Gasteiger partial charge on any atom is -0.399 e. The number of benzene rings is 2. The molecule has 0 atom stereocenters. The maximum Gasteiger partial charge on any atom is 0.0376 e. The van der Waals surface area contributed by atoms with Crippen molar-refractivity contribution in [3.05, 3.63) is 59.7 Å². The molecule has 0 fully saturated rings. The highest BCUT2D eigenvalue weighted by atomic mass is 14.6. The Morgan fingerprint density at radius 3 is 2.12 bits per heavy atom. The van der Waals surface area contributed by atoms with Crippen molar-refractivity contribution in [2.45, 2.75) is 19.3 Å². The molecule has 2 aromatic carbocycles. The summed E-state index contributed by atoms with van der Waals surface area (Å²) < 4.78 is 0. The molecule has 2 aromatic rings. The first kappa shape index (κ1) is 11.5. The van der Waals surface area contributed by atoms with E-state index in [1.165, 1.54) is 5.56 Å². The van der Waals surface area contributed by atoms with E-state index in [9.17, 15) is 0 Å². The van der Waals surface area contributed by atoms with Gasteiger partial charge in [0.15, 0.2) is 0 Å². The van der Waals surface area contributed by atoms with Crippen LogP contribution in [0.4, 0.5) is 11.4 Å². The first-order chi connectivity index (χ1) is 8.01. The summed E-state index contributed by atoms with van der Waals surface area (Å²) in [7, 11) is 0.